The molecule has 0 aromatic heterocycles. The Morgan fingerprint density at radius 1 is 0.786 bits per heavy atom. The van der Waals surface area contributed by atoms with Crippen LogP contribution in [-0.4, -0.2) is 12.4 Å². The van der Waals surface area contributed by atoms with E-state index in [4.69, 9.17) is 0 Å². The van der Waals surface area contributed by atoms with Gasteiger partial charge in [0.15, 0.2) is 0 Å². The van der Waals surface area contributed by atoms with Gasteiger partial charge in [0.05, 0.1) is 11.4 Å². The van der Waals surface area contributed by atoms with Gasteiger partial charge in [-0.15, -0.1) is 23.5 Å². The largest absolute Gasteiger partial charge is 0.254 e. The molecule has 2 aliphatic heterocycles. The molecule has 4 heteroatoms. The summed E-state index contributed by atoms with van der Waals surface area (Å²) in [6, 6.07) is 0. The average molecular weight is 220 g/mol. The topological polar surface area (TPSA) is 24.7 Å². The van der Waals surface area contributed by atoms with Gasteiger partial charge < -0.3 is 0 Å². The highest BCUT2D eigenvalue weighted by Gasteiger charge is 2.03. The molecule has 0 atom stereocenters. The third kappa shape index (κ3) is 2.49. The lowest BCUT2D eigenvalue weighted by Crippen LogP contribution is -1.82. The molecule has 14 heavy (non-hydrogen) atoms. The highest BCUT2D eigenvalue weighted by molar-refractivity contribution is 8.05. The van der Waals surface area contributed by atoms with Gasteiger partial charge in [-0.05, 0) is 23.0 Å². The van der Waals surface area contributed by atoms with Crippen molar-refractivity contribution in [3.8, 4) is 0 Å². The lowest BCUT2D eigenvalue weighted by atomic mass is 10.4. The molecular weight excluding hydrogens is 212 g/mol. The highest BCUT2D eigenvalue weighted by atomic mass is 32.2. The summed E-state index contributed by atoms with van der Waals surface area (Å²) in [6.07, 6.45) is 7.40. The van der Waals surface area contributed by atoms with Crippen LogP contribution in [-0.2, 0) is 0 Å². The molecule has 70 valence electrons. The van der Waals surface area contributed by atoms with Crippen LogP contribution in [0.25, 0.3) is 0 Å². The summed E-state index contributed by atoms with van der Waals surface area (Å²) in [7, 11) is 0. The zero-order valence-electron chi connectivity index (χ0n) is 7.33. The van der Waals surface area contributed by atoms with E-state index in [9.17, 15) is 0 Å². The summed E-state index contributed by atoms with van der Waals surface area (Å²) in [5.41, 5.74) is 1.82. The van der Waals surface area contributed by atoms with E-state index in [1.807, 2.05) is 33.8 Å². The Balaban J connectivity index is 2.22. The Bertz CT molecular complexity index is 349. The minimum absolute atomic E-state index is 0.910. The first-order valence-corrected chi connectivity index (χ1v) is 5.95. The van der Waals surface area contributed by atoms with Crippen LogP contribution in [0.5, 0.6) is 0 Å². The third-order valence-electron chi connectivity index (χ3n) is 1.54. The second kappa shape index (κ2) is 5.02. The summed E-state index contributed by atoms with van der Waals surface area (Å²) in [4.78, 5) is 8.59. The van der Waals surface area contributed by atoms with Gasteiger partial charge >= 0.3 is 0 Å². The molecule has 2 rings (SSSR count). The summed E-state index contributed by atoms with van der Waals surface area (Å²) in [5, 5.41) is 7.97. The Morgan fingerprint density at radius 2 is 1.29 bits per heavy atom. The first-order valence-electron chi connectivity index (χ1n) is 4.07. The molecule has 0 aromatic carbocycles. The van der Waals surface area contributed by atoms with Crippen LogP contribution >= 0.6 is 23.5 Å². The van der Waals surface area contributed by atoms with Crippen LogP contribution in [0, 0.1) is 0 Å². The van der Waals surface area contributed by atoms with Crippen LogP contribution in [0.15, 0.2) is 55.2 Å². The maximum atomic E-state index is 4.29. The van der Waals surface area contributed by atoms with Crippen LogP contribution in [0.4, 0.5) is 0 Å². The van der Waals surface area contributed by atoms with E-state index in [0.717, 1.165) is 11.4 Å². The van der Waals surface area contributed by atoms with Crippen molar-refractivity contribution in [1.82, 2.24) is 0 Å². The number of nitrogens with zero attached hydrogens (tertiary/aromatic N) is 2. The molecule has 0 aromatic rings. The fourth-order valence-corrected chi connectivity index (χ4v) is 2.03. The molecule has 0 bridgehead atoms. The van der Waals surface area contributed by atoms with Crippen molar-refractivity contribution in [2.24, 2.45) is 9.98 Å². The quantitative estimate of drug-likeness (QED) is 0.677. The van der Waals surface area contributed by atoms with Gasteiger partial charge in [-0.1, -0.05) is 0 Å². The van der Waals surface area contributed by atoms with Crippen LogP contribution in [0.1, 0.15) is 0 Å². The smallest absolute Gasteiger partial charge is 0.0957 e. The van der Waals surface area contributed by atoms with E-state index >= 15 is 0 Å². The highest BCUT2D eigenvalue weighted by Crippen LogP contribution is 2.24. The molecule has 2 heterocycles. The van der Waals surface area contributed by atoms with Gasteiger partial charge in [0.2, 0.25) is 0 Å². The van der Waals surface area contributed by atoms with Gasteiger partial charge in [-0.2, -0.15) is 0 Å². The first kappa shape index (κ1) is 9.55. The third-order valence-corrected chi connectivity index (χ3v) is 2.88. The number of hydrogen-bond acceptors (Lipinski definition) is 4. The second-order valence-electron chi connectivity index (χ2n) is 2.49. The fraction of sp³-hybridized carbons (Fsp3) is 0. The summed E-state index contributed by atoms with van der Waals surface area (Å²) < 4.78 is 0. The number of hydrogen-bond donors (Lipinski definition) is 0. The maximum Gasteiger partial charge on any atom is 0.0957 e. The molecule has 0 N–H and O–H groups in total. The molecule has 2 aliphatic rings. The Kier molecular flexibility index (Phi) is 3.43. The van der Waals surface area contributed by atoms with E-state index in [0.29, 0.717) is 0 Å². The minimum atomic E-state index is 0.910. The zero-order valence-corrected chi connectivity index (χ0v) is 8.96. The molecule has 0 fully saturated rings. The van der Waals surface area contributed by atoms with Crippen molar-refractivity contribution >= 4 is 36.0 Å². The standard InChI is InChI=1S/C10H8N2S2/c1-3-11-9(7-13-5-1)10-8-14-6-2-4-12-10/h1-8H. The number of allylic oxidation sites excluding steroid dienone is 2. The molecule has 0 spiro atoms. The minimum Gasteiger partial charge on any atom is -0.254 e. The Labute approximate surface area is 91.3 Å². The van der Waals surface area contributed by atoms with Crippen LogP contribution < -0.4 is 0 Å². The van der Waals surface area contributed by atoms with Crippen molar-refractivity contribution in [2.75, 3.05) is 0 Å². The Morgan fingerprint density at radius 3 is 1.79 bits per heavy atom. The van der Waals surface area contributed by atoms with E-state index in [-0.39, 0.29) is 0 Å². The van der Waals surface area contributed by atoms with Crippen molar-refractivity contribution in [3.05, 3.63) is 45.2 Å². The van der Waals surface area contributed by atoms with Crippen molar-refractivity contribution in [1.29, 1.82) is 0 Å². The van der Waals surface area contributed by atoms with Crippen molar-refractivity contribution in [2.45, 2.75) is 0 Å². The molecule has 0 radical (unpaired) electrons. The molecule has 0 aliphatic carbocycles. The molecular formula is C10H8N2S2. The van der Waals surface area contributed by atoms with Gasteiger partial charge in [-0.25, -0.2) is 0 Å². The molecule has 0 saturated carbocycles. The predicted molar refractivity (Wildman–Crippen MR) is 66.6 cm³/mol. The molecule has 2 nitrogen and oxygen atoms in total. The normalized spacial score (nSPS) is 20.0. The van der Waals surface area contributed by atoms with Gasteiger partial charge in [0, 0.05) is 23.2 Å². The first-order chi connectivity index (χ1) is 6.97. The summed E-state index contributed by atoms with van der Waals surface area (Å²) in [6.45, 7) is 0. The number of aliphatic imine (C=N–C) groups is 2. The van der Waals surface area contributed by atoms with Crippen LogP contribution in [0.2, 0.25) is 0 Å². The van der Waals surface area contributed by atoms with Gasteiger partial charge in [0.25, 0.3) is 0 Å². The number of rotatable bonds is 1. The van der Waals surface area contributed by atoms with E-state index in [1.165, 1.54) is 0 Å². The fourth-order valence-electron chi connectivity index (χ4n) is 0.929. The molecule has 0 unspecified atom stereocenters. The van der Waals surface area contributed by atoms with Crippen molar-refractivity contribution in [3.63, 3.8) is 0 Å². The monoisotopic (exact) mass is 220 g/mol. The lowest BCUT2D eigenvalue weighted by Gasteiger charge is -1.98. The molecule has 0 amide bonds. The Hall–Kier alpha value is -1.00. The lowest BCUT2D eigenvalue weighted by molar-refractivity contribution is 1.28. The zero-order chi connectivity index (χ0) is 9.64. The summed E-state index contributed by atoms with van der Waals surface area (Å²) in [5.74, 6) is 0. The number of thioether (sulfide) groups is 2. The van der Waals surface area contributed by atoms with Gasteiger partial charge in [0.1, 0.15) is 0 Å². The van der Waals surface area contributed by atoms with Crippen LogP contribution in [0.3, 0.4) is 0 Å². The van der Waals surface area contributed by atoms with Crippen molar-refractivity contribution < 1.29 is 0 Å². The second-order valence-corrected chi connectivity index (χ2v) is 4.05. The van der Waals surface area contributed by atoms with E-state index < -0.39 is 0 Å². The maximum absolute atomic E-state index is 4.29. The summed E-state index contributed by atoms with van der Waals surface area (Å²) >= 11 is 3.22. The van der Waals surface area contributed by atoms with Gasteiger partial charge in [-0.3, -0.25) is 9.98 Å². The SMILES string of the molecule is C1=CSC=C(C2=CSC=CC=N2)N=C1. The van der Waals surface area contributed by atoms with E-state index in [1.54, 1.807) is 36.0 Å². The van der Waals surface area contributed by atoms with E-state index in [2.05, 4.69) is 9.98 Å². The predicted octanol–water partition coefficient (Wildman–Crippen LogP) is 3.33. The molecule has 0 saturated heterocycles. The average Bonchev–Trinajstić information content (AvgIpc) is 2.62.